The molecule has 0 saturated heterocycles. The molecule has 0 saturated carbocycles. The zero-order valence-electron chi connectivity index (χ0n) is 45.1. The average Bonchev–Trinajstić information content (AvgIpc) is 4.21. The summed E-state index contributed by atoms with van der Waals surface area (Å²) in [6.07, 6.45) is 0. The van der Waals surface area contributed by atoms with Crippen LogP contribution in [0.2, 0.25) is 0 Å². The van der Waals surface area contributed by atoms with Gasteiger partial charge in [-0.15, -0.1) is 22.7 Å². The Labute approximate surface area is 468 Å². The summed E-state index contributed by atoms with van der Waals surface area (Å²) < 4.78 is 5.36. The third-order valence-electron chi connectivity index (χ3n) is 19.1. The van der Waals surface area contributed by atoms with E-state index in [4.69, 9.17) is 0 Å². The second-order valence-corrected chi connectivity index (χ2v) is 26.4. The SMILES string of the molecule is CC1(C)c2cc3c(cc2-c2cc4c(cc21)-c1c(cc(-c2ccc5c(c2)sc2c(-c6ccccc6)cccc25)c2ccccc12)C4(C)C)C(C)(C)c1cc(-c2ccc4c(c2)sc2c(-c5ccccc5)cccc24)c2ccccc2c1-3. The van der Waals surface area contributed by atoms with Gasteiger partial charge >= 0.3 is 0 Å². The Kier molecular flexibility index (Phi) is 9.17. The monoisotopic (exact) mass is 1040 g/mol. The highest BCUT2D eigenvalue weighted by Crippen LogP contribution is 2.62. The van der Waals surface area contributed by atoms with Crippen molar-refractivity contribution in [1.29, 1.82) is 0 Å². The van der Waals surface area contributed by atoms with Crippen molar-refractivity contribution >= 4 is 84.6 Å². The Bertz CT molecular complexity index is 4700. The predicted molar refractivity (Wildman–Crippen MR) is 342 cm³/mol. The van der Waals surface area contributed by atoms with Gasteiger partial charge in [-0.2, -0.15) is 0 Å². The van der Waals surface area contributed by atoms with Crippen LogP contribution >= 0.6 is 22.7 Å². The third-order valence-corrected chi connectivity index (χ3v) is 21.5. The molecular weight excluding hydrogens is 989 g/mol. The lowest BCUT2D eigenvalue weighted by Gasteiger charge is -2.25. The molecule has 17 rings (SSSR count). The Hall–Kier alpha value is -8.40. The molecule has 79 heavy (non-hydrogen) atoms. The molecule has 2 heteroatoms. The highest BCUT2D eigenvalue weighted by molar-refractivity contribution is 7.26. The maximum atomic E-state index is 2.61. The number of hydrogen-bond acceptors (Lipinski definition) is 2. The molecule has 14 aromatic rings. The molecule has 0 unspecified atom stereocenters. The van der Waals surface area contributed by atoms with Gasteiger partial charge in [0.25, 0.3) is 0 Å². The number of rotatable bonds is 4. The predicted octanol–water partition coefficient (Wildman–Crippen LogP) is 22.3. The van der Waals surface area contributed by atoms with E-state index in [1.165, 1.54) is 173 Å². The van der Waals surface area contributed by atoms with Crippen LogP contribution in [0.1, 0.15) is 74.9 Å². The van der Waals surface area contributed by atoms with Crippen molar-refractivity contribution < 1.29 is 0 Å². The average molecular weight is 1040 g/mol. The Morgan fingerprint density at radius 2 is 0.570 bits per heavy atom. The Morgan fingerprint density at radius 3 is 1.00 bits per heavy atom. The summed E-state index contributed by atoms with van der Waals surface area (Å²) in [7, 11) is 0. The van der Waals surface area contributed by atoms with E-state index in [9.17, 15) is 0 Å². The minimum atomic E-state index is -0.220. The van der Waals surface area contributed by atoms with Crippen LogP contribution in [0.15, 0.2) is 218 Å². The molecule has 374 valence electrons. The zero-order valence-corrected chi connectivity index (χ0v) is 46.7. The molecule has 0 N–H and O–H groups in total. The van der Waals surface area contributed by atoms with Gasteiger partial charge in [0.1, 0.15) is 0 Å². The van der Waals surface area contributed by atoms with Gasteiger partial charge in [0.15, 0.2) is 0 Å². The van der Waals surface area contributed by atoms with E-state index in [0.717, 1.165) is 0 Å². The Morgan fingerprint density at radius 1 is 0.228 bits per heavy atom. The van der Waals surface area contributed by atoms with Crippen LogP contribution in [0, 0.1) is 0 Å². The summed E-state index contributed by atoms with van der Waals surface area (Å²) in [4.78, 5) is 0. The van der Waals surface area contributed by atoms with Crippen LogP contribution in [-0.2, 0) is 16.2 Å². The van der Waals surface area contributed by atoms with Gasteiger partial charge in [-0.1, -0.05) is 211 Å². The first kappa shape index (κ1) is 45.6. The van der Waals surface area contributed by atoms with E-state index < -0.39 is 0 Å². The molecule has 0 nitrogen and oxygen atoms in total. The number of benzene rings is 12. The molecule has 0 amide bonds. The molecule has 3 aliphatic carbocycles. The first-order valence-corrected chi connectivity index (χ1v) is 29.6. The fourth-order valence-electron chi connectivity index (χ4n) is 15.0. The smallest absolute Gasteiger partial charge is 0.0433 e. The van der Waals surface area contributed by atoms with Crippen molar-refractivity contribution in [2.75, 3.05) is 0 Å². The molecule has 3 aliphatic rings. The van der Waals surface area contributed by atoms with E-state index >= 15 is 0 Å². The first-order chi connectivity index (χ1) is 38.4. The van der Waals surface area contributed by atoms with Crippen molar-refractivity contribution in [2.24, 2.45) is 0 Å². The topological polar surface area (TPSA) is 0 Å². The lowest BCUT2D eigenvalue weighted by Crippen LogP contribution is -2.17. The summed E-state index contributed by atoms with van der Waals surface area (Å²) in [5, 5.41) is 10.6. The summed E-state index contributed by atoms with van der Waals surface area (Å²) in [6.45, 7) is 14.8. The molecule has 0 radical (unpaired) electrons. The second-order valence-electron chi connectivity index (χ2n) is 24.3. The lowest BCUT2D eigenvalue weighted by atomic mass is 9.78. The van der Waals surface area contributed by atoms with Crippen molar-refractivity contribution in [2.45, 2.75) is 57.8 Å². The fourth-order valence-corrected chi connectivity index (χ4v) is 17.5. The summed E-state index contributed by atoms with van der Waals surface area (Å²) in [5.74, 6) is 0. The van der Waals surface area contributed by atoms with Gasteiger partial charge in [-0.05, 0) is 181 Å². The summed E-state index contributed by atoms with van der Waals surface area (Å²) in [6, 6.07) is 83.6. The van der Waals surface area contributed by atoms with Gasteiger partial charge in [-0.25, -0.2) is 0 Å². The minimum Gasteiger partial charge on any atom is -0.135 e. The standard InChI is InChI=1S/C77H54S2/c1-75(2)63-41-61-65(76(3,4)67-37-57(49-23-13-15-25-53(49)71(61)67)45-31-33-51-55-29-17-27-47(43-19-9-7-10-20-43)73(55)78-69(51)35-45)39-59(63)60-40-66-62(42-64(60)75)72-54-26-16-14-24-50(54)58(38-68(72)77(66,5)6)46-32-34-52-56-30-18-28-48(44-21-11-8-12-22-44)74(56)79-70(52)36-46/h7-42H,1-6H3. The van der Waals surface area contributed by atoms with Crippen LogP contribution in [0.5, 0.6) is 0 Å². The highest BCUT2D eigenvalue weighted by Gasteiger charge is 2.45. The zero-order chi connectivity index (χ0) is 52.8. The molecular formula is C77H54S2. The summed E-state index contributed by atoms with van der Waals surface area (Å²) >= 11 is 3.85. The van der Waals surface area contributed by atoms with Gasteiger partial charge in [-0.3, -0.25) is 0 Å². The molecule has 0 bridgehead atoms. The number of thiophene rings is 2. The van der Waals surface area contributed by atoms with Crippen LogP contribution in [0.3, 0.4) is 0 Å². The van der Waals surface area contributed by atoms with Gasteiger partial charge in [0.05, 0.1) is 0 Å². The van der Waals surface area contributed by atoms with E-state index in [0.29, 0.717) is 0 Å². The van der Waals surface area contributed by atoms with E-state index in [2.05, 4.69) is 260 Å². The van der Waals surface area contributed by atoms with Crippen LogP contribution in [0.4, 0.5) is 0 Å². The van der Waals surface area contributed by atoms with Crippen LogP contribution in [-0.4, -0.2) is 0 Å². The Balaban J connectivity index is 0.785. The van der Waals surface area contributed by atoms with Crippen molar-refractivity contribution in [3.05, 3.63) is 252 Å². The molecule has 12 aromatic carbocycles. The van der Waals surface area contributed by atoms with Gasteiger partial charge in [0, 0.05) is 56.6 Å². The molecule has 0 spiro atoms. The van der Waals surface area contributed by atoms with Crippen molar-refractivity contribution in [3.8, 4) is 77.9 Å². The van der Waals surface area contributed by atoms with E-state index in [1.54, 1.807) is 0 Å². The second kappa shape index (κ2) is 15.9. The van der Waals surface area contributed by atoms with Gasteiger partial charge in [0.2, 0.25) is 0 Å². The third kappa shape index (κ3) is 6.14. The highest BCUT2D eigenvalue weighted by atomic mass is 32.1. The van der Waals surface area contributed by atoms with Crippen molar-refractivity contribution in [1.82, 2.24) is 0 Å². The van der Waals surface area contributed by atoms with Gasteiger partial charge < -0.3 is 0 Å². The normalized spacial score (nSPS) is 15.0. The molecule has 0 aliphatic heterocycles. The molecule has 0 fully saturated rings. The van der Waals surface area contributed by atoms with E-state index in [-0.39, 0.29) is 16.2 Å². The lowest BCUT2D eigenvalue weighted by molar-refractivity contribution is 0.649. The molecule has 2 heterocycles. The van der Waals surface area contributed by atoms with Crippen molar-refractivity contribution in [3.63, 3.8) is 0 Å². The number of hydrogen-bond donors (Lipinski definition) is 0. The molecule has 2 aromatic heterocycles. The van der Waals surface area contributed by atoms with Crippen LogP contribution in [0.25, 0.3) is 140 Å². The fraction of sp³-hybridized carbons (Fsp3) is 0.117. The quantitative estimate of drug-likeness (QED) is 0.165. The summed E-state index contributed by atoms with van der Waals surface area (Å²) in [5.41, 5.74) is 26.5. The maximum absolute atomic E-state index is 2.61. The number of fused-ring (bicyclic) bond motifs is 19. The van der Waals surface area contributed by atoms with Crippen LogP contribution < -0.4 is 0 Å². The van der Waals surface area contributed by atoms with E-state index in [1.807, 2.05) is 22.7 Å². The molecule has 0 atom stereocenters. The first-order valence-electron chi connectivity index (χ1n) is 28.0. The minimum absolute atomic E-state index is 0.208. The largest absolute Gasteiger partial charge is 0.135 e. The maximum Gasteiger partial charge on any atom is 0.0433 e.